The molecule has 182 valence electrons. The fraction of sp³-hybridized carbons (Fsp3) is 0.429. The van der Waals surface area contributed by atoms with Crippen LogP contribution in [0.4, 0.5) is 14.5 Å². The lowest BCUT2D eigenvalue weighted by Crippen LogP contribution is -2.33. The number of alkyl halides is 1. The Morgan fingerprint density at radius 1 is 1.35 bits per heavy atom. The largest absolute Gasteiger partial charge is 0.469 e. The van der Waals surface area contributed by atoms with E-state index in [0.29, 0.717) is 17.0 Å². The molecular formula is C21H22ClF2N5O5. The van der Waals surface area contributed by atoms with Crippen LogP contribution in [0.15, 0.2) is 27.8 Å². The van der Waals surface area contributed by atoms with Crippen LogP contribution in [0.3, 0.4) is 0 Å². The molecule has 3 aromatic rings. The molecule has 1 saturated heterocycles. The number of hydrogen-bond donors (Lipinski definition) is 2. The molecule has 1 unspecified atom stereocenters. The summed E-state index contributed by atoms with van der Waals surface area (Å²) in [4.78, 5) is 17.9. The predicted molar refractivity (Wildman–Crippen MR) is 117 cm³/mol. The number of aromatic nitrogens is 4. The highest BCUT2D eigenvalue weighted by molar-refractivity contribution is 6.33. The van der Waals surface area contributed by atoms with Gasteiger partial charge < -0.3 is 24.4 Å². The number of aliphatic hydroxyl groups is 2. The van der Waals surface area contributed by atoms with Gasteiger partial charge in [0.25, 0.3) is 5.56 Å². The third-order valence-electron chi connectivity index (χ3n) is 5.51. The van der Waals surface area contributed by atoms with E-state index >= 15 is 0 Å². The van der Waals surface area contributed by atoms with Crippen LogP contribution < -0.4 is 15.2 Å². The van der Waals surface area contributed by atoms with Crippen molar-refractivity contribution in [2.24, 2.45) is 0 Å². The van der Waals surface area contributed by atoms with Gasteiger partial charge in [0.2, 0.25) is 5.88 Å². The summed E-state index contributed by atoms with van der Waals surface area (Å²) in [5.41, 5.74) is 0.661. The number of nitrogens with zero attached hydrogens (tertiary/aromatic N) is 5. The van der Waals surface area contributed by atoms with Gasteiger partial charge in [-0.15, -0.1) is 0 Å². The van der Waals surface area contributed by atoms with Crippen LogP contribution in [0.2, 0.25) is 5.02 Å². The first-order chi connectivity index (χ1) is 16.2. The number of rotatable bonds is 7. The molecule has 0 spiro atoms. The molecule has 0 bridgehead atoms. The van der Waals surface area contributed by atoms with Crippen LogP contribution in [-0.4, -0.2) is 68.2 Å². The lowest BCUT2D eigenvalue weighted by atomic mass is 10.1. The standard InChI is InChI=1S/C21H22ClF2N5O5/c1-10-19(11(2)34-27-10)13-3-18(25-4-14(13)23)33-17-8-28(7-15(17)24)16-5-26-29(6-12(31)9-30)21(32)20(16)22/h3-5,12,15,17,30-31H,6-9H2,1-2H3/t12?,15-,17-/m0/s1. The van der Waals surface area contributed by atoms with Gasteiger partial charge >= 0.3 is 0 Å². The van der Waals surface area contributed by atoms with Crippen molar-refractivity contribution < 1.29 is 28.3 Å². The maximum absolute atomic E-state index is 14.8. The van der Waals surface area contributed by atoms with Gasteiger partial charge in [0.1, 0.15) is 16.6 Å². The van der Waals surface area contributed by atoms with Crippen LogP contribution in [0.25, 0.3) is 11.1 Å². The minimum absolute atomic E-state index is 0.0172. The monoisotopic (exact) mass is 497 g/mol. The molecule has 2 N–H and O–H groups in total. The fourth-order valence-corrected chi connectivity index (χ4v) is 4.07. The number of anilines is 1. The van der Waals surface area contributed by atoms with E-state index in [4.69, 9.17) is 26.0 Å². The van der Waals surface area contributed by atoms with Gasteiger partial charge in [-0.2, -0.15) is 5.10 Å². The van der Waals surface area contributed by atoms with Gasteiger partial charge in [-0.05, 0) is 13.8 Å². The van der Waals surface area contributed by atoms with E-state index in [9.17, 15) is 18.7 Å². The average molecular weight is 498 g/mol. The summed E-state index contributed by atoms with van der Waals surface area (Å²) < 4.78 is 41.0. The lowest BCUT2D eigenvalue weighted by molar-refractivity contribution is 0.0770. The number of aliphatic hydroxyl groups excluding tert-OH is 2. The molecule has 1 aliphatic rings. The minimum atomic E-state index is -1.45. The van der Waals surface area contributed by atoms with E-state index in [0.717, 1.165) is 10.9 Å². The van der Waals surface area contributed by atoms with Gasteiger partial charge in [0.05, 0.1) is 61.7 Å². The summed E-state index contributed by atoms with van der Waals surface area (Å²) >= 11 is 6.19. The highest BCUT2D eigenvalue weighted by atomic mass is 35.5. The summed E-state index contributed by atoms with van der Waals surface area (Å²) in [5.74, 6) is -0.160. The highest BCUT2D eigenvalue weighted by Crippen LogP contribution is 2.33. The van der Waals surface area contributed by atoms with Crippen molar-refractivity contribution in [3.05, 3.63) is 51.1 Å². The number of aryl methyl sites for hydroxylation is 2. The summed E-state index contributed by atoms with van der Waals surface area (Å²) in [7, 11) is 0. The van der Waals surface area contributed by atoms with E-state index in [-0.39, 0.29) is 41.8 Å². The number of hydrogen-bond acceptors (Lipinski definition) is 9. The molecule has 13 heteroatoms. The van der Waals surface area contributed by atoms with Crippen LogP contribution >= 0.6 is 11.6 Å². The molecule has 0 radical (unpaired) electrons. The maximum atomic E-state index is 14.8. The molecule has 34 heavy (non-hydrogen) atoms. The van der Waals surface area contributed by atoms with Crippen molar-refractivity contribution in [2.75, 3.05) is 24.6 Å². The zero-order chi connectivity index (χ0) is 24.6. The Kier molecular flexibility index (Phi) is 6.82. The predicted octanol–water partition coefficient (Wildman–Crippen LogP) is 1.66. The second kappa shape index (κ2) is 9.65. The smallest absolute Gasteiger partial charge is 0.287 e. The number of pyridine rings is 1. The summed E-state index contributed by atoms with van der Waals surface area (Å²) in [6.07, 6.45) is -1.33. The van der Waals surface area contributed by atoms with E-state index in [1.165, 1.54) is 17.2 Å². The van der Waals surface area contributed by atoms with Crippen molar-refractivity contribution in [1.29, 1.82) is 0 Å². The molecule has 3 aromatic heterocycles. The normalized spacial score (nSPS) is 19.0. The Bertz CT molecular complexity index is 1230. The highest BCUT2D eigenvalue weighted by Gasteiger charge is 2.37. The Morgan fingerprint density at radius 3 is 2.79 bits per heavy atom. The van der Waals surface area contributed by atoms with E-state index in [1.807, 2.05) is 0 Å². The molecule has 4 heterocycles. The minimum Gasteiger partial charge on any atom is -0.469 e. The third kappa shape index (κ3) is 4.61. The second-order valence-electron chi connectivity index (χ2n) is 7.95. The molecule has 0 aliphatic carbocycles. The van der Waals surface area contributed by atoms with Crippen molar-refractivity contribution in [2.45, 2.75) is 38.8 Å². The molecule has 0 saturated carbocycles. The zero-order valence-electron chi connectivity index (χ0n) is 18.3. The van der Waals surface area contributed by atoms with Crippen LogP contribution in [0, 0.1) is 19.7 Å². The Balaban J connectivity index is 1.53. The van der Waals surface area contributed by atoms with Crippen LogP contribution in [-0.2, 0) is 6.54 Å². The Morgan fingerprint density at radius 2 is 2.12 bits per heavy atom. The first-order valence-corrected chi connectivity index (χ1v) is 10.8. The molecule has 10 nitrogen and oxygen atoms in total. The van der Waals surface area contributed by atoms with E-state index < -0.39 is 36.4 Å². The van der Waals surface area contributed by atoms with Crippen LogP contribution in [0.1, 0.15) is 11.5 Å². The Hall–Kier alpha value is -3.09. The summed E-state index contributed by atoms with van der Waals surface area (Å²) in [6, 6.07) is 1.36. The van der Waals surface area contributed by atoms with E-state index in [2.05, 4.69) is 15.2 Å². The maximum Gasteiger partial charge on any atom is 0.287 e. The molecule has 0 aromatic carbocycles. The molecule has 4 rings (SSSR count). The van der Waals surface area contributed by atoms with Gasteiger partial charge in [-0.25, -0.2) is 18.4 Å². The average Bonchev–Trinajstić information content (AvgIpc) is 3.33. The molecule has 1 fully saturated rings. The van der Waals surface area contributed by atoms with Gasteiger partial charge in [0.15, 0.2) is 12.3 Å². The van der Waals surface area contributed by atoms with Crippen molar-refractivity contribution in [1.82, 2.24) is 19.9 Å². The van der Waals surface area contributed by atoms with Gasteiger partial charge in [-0.1, -0.05) is 16.8 Å². The first-order valence-electron chi connectivity index (χ1n) is 10.4. The zero-order valence-corrected chi connectivity index (χ0v) is 19.0. The van der Waals surface area contributed by atoms with Crippen molar-refractivity contribution in [3.8, 4) is 17.0 Å². The molecule has 1 aliphatic heterocycles. The van der Waals surface area contributed by atoms with Crippen LogP contribution in [0.5, 0.6) is 5.88 Å². The summed E-state index contributed by atoms with van der Waals surface area (Å²) in [6.45, 7) is 2.46. The SMILES string of the molecule is Cc1noc(C)c1-c1cc(O[C@H]2CN(c3cnn(CC(O)CO)c(=O)c3Cl)C[C@@H]2F)ncc1F. The number of ether oxygens (including phenoxy) is 1. The molecule has 3 atom stereocenters. The fourth-order valence-electron chi connectivity index (χ4n) is 3.80. The first kappa shape index (κ1) is 24.0. The van der Waals surface area contributed by atoms with Crippen molar-refractivity contribution >= 4 is 17.3 Å². The summed E-state index contributed by atoms with van der Waals surface area (Å²) in [5, 5.41) is 26.1. The third-order valence-corrected chi connectivity index (χ3v) is 5.86. The second-order valence-corrected chi connectivity index (χ2v) is 8.32. The Labute approximate surface area is 197 Å². The molecular weight excluding hydrogens is 476 g/mol. The number of halogens is 3. The quantitative estimate of drug-likeness (QED) is 0.501. The van der Waals surface area contributed by atoms with Gasteiger partial charge in [-0.3, -0.25) is 4.79 Å². The van der Waals surface area contributed by atoms with E-state index in [1.54, 1.807) is 13.8 Å². The lowest BCUT2D eigenvalue weighted by Gasteiger charge is -2.20. The van der Waals surface area contributed by atoms with Crippen molar-refractivity contribution in [3.63, 3.8) is 0 Å². The van der Waals surface area contributed by atoms with Gasteiger partial charge in [0, 0.05) is 11.6 Å². The molecule has 0 amide bonds. The topological polar surface area (TPSA) is 127 Å².